The minimum atomic E-state index is -0.0323. The second-order valence-electron chi connectivity index (χ2n) is 5.33. The van der Waals surface area contributed by atoms with Gasteiger partial charge in [-0.05, 0) is 46.8 Å². The van der Waals surface area contributed by atoms with Crippen LogP contribution < -0.4 is 5.32 Å². The number of carbonyl (C=O) groups is 1. The molecule has 2 amide bonds. The number of imidazole rings is 1. The summed E-state index contributed by atoms with van der Waals surface area (Å²) in [5, 5.41) is 2.91. The highest BCUT2D eigenvalue weighted by atomic mass is 79.9. The first-order chi connectivity index (χ1) is 9.61. The van der Waals surface area contributed by atoms with Gasteiger partial charge < -0.3 is 14.6 Å². The molecule has 1 aliphatic rings. The number of amides is 2. The topological polar surface area (TPSA) is 49.6 Å². The molecule has 0 spiro atoms. The van der Waals surface area contributed by atoms with E-state index in [9.17, 15) is 4.79 Å². The van der Waals surface area contributed by atoms with Crippen molar-refractivity contribution in [3.8, 4) is 0 Å². The third-order valence-electron chi connectivity index (χ3n) is 3.46. The number of rotatable bonds is 4. The minimum absolute atomic E-state index is 0.0323. The standard InChI is InChI=1S/C14H17BrN4O/c1-18(7-10-2-3-10)14(20)16-6-12-9-19-8-11(15)4-5-13(19)17-12/h4-5,8-10H,2-3,6-7H2,1H3,(H,16,20). The minimum Gasteiger partial charge on any atom is -0.332 e. The lowest BCUT2D eigenvalue weighted by atomic mass is 10.4. The van der Waals surface area contributed by atoms with Crippen molar-refractivity contribution in [3.63, 3.8) is 0 Å². The quantitative estimate of drug-likeness (QED) is 0.933. The van der Waals surface area contributed by atoms with E-state index in [2.05, 4.69) is 26.2 Å². The molecule has 0 atom stereocenters. The van der Waals surface area contributed by atoms with Gasteiger partial charge in [0.05, 0.1) is 12.2 Å². The zero-order valence-corrected chi connectivity index (χ0v) is 12.9. The first-order valence-electron chi connectivity index (χ1n) is 6.74. The highest BCUT2D eigenvalue weighted by Gasteiger charge is 2.24. The lowest BCUT2D eigenvalue weighted by Crippen LogP contribution is -2.38. The van der Waals surface area contributed by atoms with Crippen molar-refractivity contribution in [2.24, 2.45) is 5.92 Å². The summed E-state index contributed by atoms with van der Waals surface area (Å²) in [7, 11) is 1.84. The molecule has 2 aromatic rings. The molecule has 0 saturated heterocycles. The molecule has 1 saturated carbocycles. The number of carbonyl (C=O) groups excluding carboxylic acids is 1. The Morgan fingerprint density at radius 1 is 1.50 bits per heavy atom. The van der Waals surface area contributed by atoms with Gasteiger partial charge in [-0.25, -0.2) is 9.78 Å². The molecule has 1 aliphatic carbocycles. The summed E-state index contributed by atoms with van der Waals surface area (Å²) in [6, 6.07) is 3.86. The molecule has 5 nitrogen and oxygen atoms in total. The molecular formula is C14H17BrN4O. The summed E-state index contributed by atoms with van der Waals surface area (Å²) in [6.07, 6.45) is 6.38. The normalized spacial score (nSPS) is 14.5. The van der Waals surface area contributed by atoms with Crippen LogP contribution in [0.15, 0.2) is 29.0 Å². The molecule has 2 aromatic heterocycles. The van der Waals surface area contributed by atoms with Crippen LogP contribution in [0.2, 0.25) is 0 Å². The van der Waals surface area contributed by atoms with Crippen LogP contribution in [0.1, 0.15) is 18.5 Å². The Balaban J connectivity index is 1.59. The highest BCUT2D eigenvalue weighted by Crippen LogP contribution is 2.29. The number of halogens is 1. The van der Waals surface area contributed by atoms with E-state index in [1.54, 1.807) is 4.90 Å². The third kappa shape index (κ3) is 3.12. The Kier molecular flexibility index (Phi) is 3.65. The summed E-state index contributed by atoms with van der Waals surface area (Å²) in [5.74, 6) is 0.707. The SMILES string of the molecule is CN(CC1CC1)C(=O)NCc1cn2cc(Br)ccc2n1. The largest absolute Gasteiger partial charge is 0.332 e. The smallest absolute Gasteiger partial charge is 0.317 e. The molecule has 3 rings (SSSR count). The second-order valence-corrected chi connectivity index (χ2v) is 6.24. The molecule has 6 heteroatoms. The third-order valence-corrected chi connectivity index (χ3v) is 3.93. The number of hydrogen-bond donors (Lipinski definition) is 1. The molecule has 0 aliphatic heterocycles. The molecule has 0 bridgehead atoms. The van der Waals surface area contributed by atoms with E-state index in [0.717, 1.165) is 22.4 Å². The summed E-state index contributed by atoms with van der Waals surface area (Å²) in [5.41, 5.74) is 1.74. The van der Waals surface area contributed by atoms with Crippen LogP contribution in [0.4, 0.5) is 4.79 Å². The Bertz CT molecular complexity index is 635. The zero-order valence-electron chi connectivity index (χ0n) is 11.3. The van der Waals surface area contributed by atoms with Gasteiger partial charge in [0.25, 0.3) is 0 Å². The van der Waals surface area contributed by atoms with Crippen molar-refractivity contribution in [1.29, 1.82) is 0 Å². The second kappa shape index (κ2) is 5.44. The number of pyridine rings is 1. The molecule has 0 aromatic carbocycles. The van der Waals surface area contributed by atoms with Gasteiger partial charge in [0.15, 0.2) is 0 Å². The Morgan fingerprint density at radius 2 is 2.30 bits per heavy atom. The maximum Gasteiger partial charge on any atom is 0.317 e. The van der Waals surface area contributed by atoms with Crippen LogP contribution >= 0.6 is 15.9 Å². The van der Waals surface area contributed by atoms with Crippen molar-refractivity contribution in [2.75, 3.05) is 13.6 Å². The van der Waals surface area contributed by atoms with Gasteiger partial charge in [0, 0.05) is 30.5 Å². The van der Waals surface area contributed by atoms with Crippen LogP contribution in [0.5, 0.6) is 0 Å². The van der Waals surface area contributed by atoms with Gasteiger partial charge in [0.2, 0.25) is 0 Å². The summed E-state index contributed by atoms with van der Waals surface area (Å²) in [6.45, 7) is 1.30. The molecular weight excluding hydrogens is 320 g/mol. The predicted molar refractivity (Wildman–Crippen MR) is 80.5 cm³/mol. The van der Waals surface area contributed by atoms with Crippen LogP contribution in [0, 0.1) is 5.92 Å². The van der Waals surface area contributed by atoms with Crippen LogP contribution in [0.3, 0.4) is 0 Å². The number of nitrogens with zero attached hydrogens (tertiary/aromatic N) is 3. The zero-order chi connectivity index (χ0) is 14.1. The Labute approximate surface area is 126 Å². The van der Waals surface area contributed by atoms with Crippen LogP contribution in [-0.4, -0.2) is 33.9 Å². The van der Waals surface area contributed by atoms with Crippen molar-refractivity contribution < 1.29 is 4.79 Å². The highest BCUT2D eigenvalue weighted by molar-refractivity contribution is 9.10. The van der Waals surface area contributed by atoms with E-state index >= 15 is 0 Å². The van der Waals surface area contributed by atoms with E-state index in [1.807, 2.05) is 36.0 Å². The maximum atomic E-state index is 11.9. The lowest BCUT2D eigenvalue weighted by molar-refractivity contribution is 0.206. The first-order valence-corrected chi connectivity index (χ1v) is 7.53. The van der Waals surface area contributed by atoms with Gasteiger partial charge in [-0.1, -0.05) is 0 Å². The molecule has 0 radical (unpaired) electrons. The van der Waals surface area contributed by atoms with E-state index in [-0.39, 0.29) is 6.03 Å². The van der Waals surface area contributed by atoms with E-state index in [0.29, 0.717) is 12.5 Å². The molecule has 0 unspecified atom stereocenters. The van der Waals surface area contributed by atoms with Gasteiger partial charge >= 0.3 is 6.03 Å². The summed E-state index contributed by atoms with van der Waals surface area (Å²) in [4.78, 5) is 18.1. The van der Waals surface area contributed by atoms with Gasteiger partial charge in [-0.3, -0.25) is 0 Å². The van der Waals surface area contributed by atoms with Crippen molar-refractivity contribution in [2.45, 2.75) is 19.4 Å². The van der Waals surface area contributed by atoms with E-state index < -0.39 is 0 Å². The number of aromatic nitrogens is 2. The van der Waals surface area contributed by atoms with Crippen LogP contribution in [-0.2, 0) is 6.54 Å². The average molecular weight is 337 g/mol. The molecule has 20 heavy (non-hydrogen) atoms. The Morgan fingerprint density at radius 3 is 3.05 bits per heavy atom. The number of nitrogens with one attached hydrogen (secondary N) is 1. The molecule has 106 valence electrons. The van der Waals surface area contributed by atoms with Crippen molar-refractivity contribution >= 4 is 27.6 Å². The summed E-state index contributed by atoms with van der Waals surface area (Å²) < 4.78 is 2.95. The monoisotopic (exact) mass is 336 g/mol. The van der Waals surface area contributed by atoms with Crippen molar-refractivity contribution in [1.82, 2.24) is 19.6 Å². The number of urea groups is 1. The lowest BCUT2D eigenvalue weighted by Gasteiger charge is -2.16. The van der Waals surface area contributed by atoms with Gasteiger partial charge in [0.1, 0.15) is 5.65 Å². The van der Waals surface area contributed by atoms with Gasteiger partial charge in [-0.2, -0.15) is 0 Å². The van der Waals surface area contributed by atoms with Crippen molar-refractivity contribution in [3.05, 3.63) is 34.7 Å². The molecule has 2 heterocycles. The molecule has 1 N–H and O–H groups in total. The maximum absolute atomic E-state index is 11.9. The van der Waals surface area contributed by atoms with E-state index in [4.69, 9.17) is 0 Å². The fourth-order valence-electron chi connectivity index (χ4n) is 2.17. The average Bonchev–Trinajstić information content (AvgIpc) is 3.13. The predicted octanol–water partition coefficient (Wildman–Crippen LogP) is 2.65. The molecule has 1 fully saturated rings. The number of hydrogen-bond acceptors (Lipinski definition) is 2. The number of fused-ring (bicyclic) bond motifs is 1. The Hall–Kier alpha value is -1.56. The first kappa shape index (κ1) is 13.4. The van der Waals surface area contributed by atoms with Gasteiger partial charge in [-0.15, -0.1) is 0 Å². The van der Waals surface area contributed by atoms with Crippen LogP contribution in [0.25, 0.3) is 5.65 Å². The summed E-state index contributed by atoms with van der Waals surface area (Å²) >= 11 is 3.43. The fraction of sp³-hybridized carbons (Fsp3) is 0.429. The fourth-order valence-corrected chi connectivity index (χ4v) is 2.53. The van der Waals surface area contributed by atoms with E-state index in [1.165, 1.54) is 12.8 Å².